The van der Waals surface area contributed by atoms with Gasteiger partial charge in [0.1, 0.15) is 6.10 Å². The highest BCUT2D eigenvalue weighted by molar-refractivity contribution is 6.36. The Kier molecular flexibility index (Phi) is 4.86. The molecule has 2 atom stereocenters. The number of rotatable bonds is 4. The number of hydrogen-bond donors (Lipinski definition) is 3. The third-order valence-electron chi connectivity index (χ3n) is 2.09. The fourth-order valence-electron chi connectivity index (χ4n) is 1.30. The highest BCUT2D eigenvalue weighted by Crippen LogP contribution is 2.34. The summed E-state index contributed by atoms with van der Waals surface area (Å²) >= 11 is 11.7. The molecule has 0 saturated carbocycles. The Labute approximate surface area is 107 Å². The van der Waals surface area contributed by atoms with Gasteiger partial charge < -0.3 is 15.9 Å². The van der Waals surface area contributed by atoms with Gasteiger partial charge in [0.05, 0.1) is 12.6 Å². The number of anilines is 1. The van der Waals surface area contributed by atoms with Gasteiger partial charge in [0.25, 0.3) is 0 Å². The van der Waals surface area contributed by atoms with E-state index in [0.29, 0.717) is 5.69 Å². The topological polar surface area (TPSA) is 115 Å². The lowest BCUT2D eigenvalue weighted by atomic mass is 10.0. The predicted octanol–water partition coefficient (Wildman–Crippen LogP) is 2.28. The zero-order chi connectivity index (χ0) is 13.0. The first-order valence-electron chi connectivity index (χ1n) is 4.58. The molecule has 0 fully saturated rings. The van der Waals surface area contributed by atoms with Gasteiger partial charge in [-0.15, -0.1) is 0 Å². The average molecular weight is 277 g/mol. The van der Waals surface area contributed by atoms with Crippen LogP contribution in [0.15, 0.2) is 17.2 Å². The third-order valence-corrected chi connectivity index (χ3v) is 2.72. The maximum Gasteiger partial charge on any atom is 0.108 e. The predicted molar refractivity (Wildman–Crippen MR) is 65.9 cm³/mol. The molecular weight excluding hydrogens is 267 g/mol. The molecule has 6 nitrogen and oxygen atoms in total. The number of hydrogen-bond acceptors (Lipinski definition) is 4. The van der Waals surface area contributed by atoms with Crippen molar-refractivity contribution in [3.8, 4) is 0 Å². The van der Waals surface area contributed by atoms with Crippen LogP contribution in [0, 0.1) is 0 Å². The minimum Gasteiger partial charge on any atom is -0.399 e. The van der Waals surface area contributed by atoms with Crippen LogP contribution < -0.4 is 5.73 Å². The molecule has 0 spiro atoms. The fraction of sp³-hybridized carbons (Fsp3) is 0.333. The Morgan fingerprint density at radius 2 is 1.88 bits per heavy atom. The van der Waals surface area contributed by atoms with Gasteiger partial charge in [-0.25, -0.2) is 0 Å². The third kappa shape index (κ3) is 3.39. The molecule has 17 heavy (non-hydrogen) atoms. The SMILES string of the molecule is [N-]=[N+]=NCC(O)C(O)c1c(Cl)cc(N)cc1Cl. The molecule has 0 aromatic heterocycles. The first-order valence-corrected chi connectivity index (χ1v) is 5.34. The summed E-state index contributed by atoms with van der Waals surface area (Å²) in [5.41, 5.74) is 14.1. The van der Waals surface area contributed by atoms with Crippen LogP contribution in [0.5, 0.6) is 0 Å². The van der Waals surface area contributed by atoms with E-state index in [-0.39, 0.29) is 22.2 Å². The Hall–Kier alpha value is -1.17. The van der Waals surface area contributed by atoms with Crippen molar-refractivity contribution in [3.05, 3.63) is 38.2 Å². The minimum absolute atomic E-state index is 0.141. The molecule has 4 N–H and O–H groups in total. The summed E-state index contributed by atoms with van der Waals surface area (Å²) in [4.78, 5) is 2.48. The molecule has 0 aliphatic carbocycles. The molecule has 0 radical (unpaired) electrons. The van der Waals surface area contributed by atoms with Gasteiger partial charge in [-0.2, -0.15) is 0 Å². The van der Waals surface area contributed by atoms with Gasteiger partial charge in [0.2, 0.25) is 0 Å². The van der Waals surface area contributed by atoms with Crippen LogP contribution in [0.2, 0.25) is 10.0 Å². The van der Waals surface area contributed by atoms with Crippen molar-refractivity contribution in [1.82, 2.24) is 0 Å². The summed E-state index contributed by atoms with van der Waals surface area (Å²) in [7, 11) is 0. The van der Waals surface area contributed by atoms with Gasteiger partial charge in [0, 0.05) is 26.2 Å². The Balaban J connectivity index is 3.03. The second kappa shape index (κ2) is 5.95. The molecule has 0 aliphatic heterocycles. The van der Waals surface area contributed by atoms with Crippen LogP contribution in [0.4, 0.5) is 5.69 Å². The quantitative estimate of drug-likeness (QED) is 0.339. The van der Waals surface area contributed by atoms with E-state index in [1.54, 1.807) is 0 Å². The van der Waals surface area contributed by atoms with E-state index in [4.69, 9.17) is 34.5 Å². The number of nitrogens with two attached hydrogens (primary N) is 1. The molecule has 0 bridgehead atoms. The second-order valence-electron chi connectivity index (χ2n) is 3.32. The lowest BCUT2D eigenvalue weighted by Crippen LogP contribution is -2.21. The number of nitrogen functional groups attached to an aromatic ring is 1. The van der Waals surface area contributed by atoms with Gasteiger partial charge in [-0.3, -0.25) is 0 Å². The number of halogens is 2. The molecule has 0 saturated heterocycles. The Morgan fingerprint density at radius 1 is 1.35 bits per heavy atom. The minimum atomic E-state index is -1.35. The average Bonchev–Trinajstić information content (AvgIpc) is 2.24. The van der Waals surface area contributed by atoms with Crippen LogP contribution in [-0.4, -0.2) is 22.9 Å². The number of aliphatic hydroxyl groups excluding tert-OH is 2. The van der Waals surface area contributed by atoms with Crippen LogP contribution in [0.1, 0.15) is 11.7 Å². The fourth-order valence-corrected chi connectivity index (χ4v) is 2.03. The number of benzene rings is 1. The van der Waals surface area contributed by atoms with Crippen molar-refractivity contribution in [1.29, 1.82) is 0 Å². The first kappa shape index (κ1) is 13.9. The summed E-state index contributed by atoms with van der Waals surface area (Å²) in [6.07, 6.45) is -2.63. The number of nitrogens with zero attached hydrogens (tertiary/aromatic N) is 3. The van der Waals surface area contributed by atoms with Crippen molar-refractivity contribution in [3.63, 3.8) is 0 Å². The van der Waals surface area contributed by atoms with Crippen molar-refractivity contribution >= 4 is 28.9 Å². The van der Waals surface area contributed by atoms with Crippen molar-refractivity contribution in [2.45, 2.75) is 12.2 Å². The van der Waals surface area contributed by atoms with E-state index in [0.717, 1.165) is 0 Å². The van der Waals surface area contributed by atoms with Gasteiger partial charge in [-0.05, 0) is 17.7 Å². The molecule has 0 aliphatic rings. The van der Waals surface area contributed by atoms with E-state index >= 15 is 0 Å². The summed E-state index contributed by atoms with van der Waals surface area (Å²) in [6.45, 7) is -0.283. The van der Waals surface area contributed by atoms with Crippen molar-refractivity contribution in [2.24, 2.45) is 5.11 Å². The summed E-state index contributed by atoms with van der Waals surface area (Å²) in [5, 5.41) is 22.8. The van der Waals surface area contributed by atoms with Crippen LogP contribution in [-0.2, 0) is 0 Å². The molecule has 1 aromatic carbocycles. The molecule has 92 valence electrons. The lowest BCUT2D eigenvalue weighted by molar-refractivity contribution is 0.0245. The highest BCUT2D eigenvalue weighted by atomic mass is 35.5. The summed E-state index contributed by atoms with van der Waals surface area (Å²) < 4.78 is 0. The molecule has 2 unspecified atom stereocenters. The zero-order valence-corrected chi connectivity index (χ0v) is 10.1. The molecular formula is C9H10Cl2N4O2. The second-order valence-corrected chi connectivity index (χ2v) is 4.14. The molecule has 0 amide bonds. The maximum absolute atomic E-state index is 9.83. The van der Waals surface area contributed by atoms with Crippen molar-refractivity contribution < 1.29 is 10.2 Å². The number of azide groups is 1. The van der Waals surface area contributed by atoms with Gasteiger partial charge in [0.15, 0.2) is 0 Å². The van der Waals surface area contributed by atoms with Gasteiger partial charge >= 0.3 is 0 Å². The standard InChI is InChI=1S/C9H10Cl2N4O2/c10-5-1-4(12)2-6(11)8(5)9(17)7(16)3-14-15-13/h1-2,7,9,16-17H,3,12H2. The summed E-state index contributed by atoms with van der Waals surface area (Å²) in [6, 6.07) is 2.82. The van der Waals surface area contributed by atoms with E-state index in [9.17, 15) is 10.2 Å². The molecule has 8 heteroatoms. The van der Waals surface area contributed by atoms with Crippen LogP contribution in [0.3, 0.4) is 0 Å². The summed E-state index contributed by atoms with van der Waals surface area (Å²) in [5.74, 6) is 0. The molecule has 0 heterocycles. The molecule has 1 aromatic rings. The smallest absolute Gasteiger partial charge is 0.108 e. The monoisotopic (exact) mass is 276 g/mol. The Bertz CT molecular complexity index is 439. The van der Waals surface area contributed by atoms with E-state index in [1.165, 1.54) is 12.1 Å². The van der Waals surface area contributed by atoms with Crippen molar-refractivity contribution in [2.75, 3.05) is 12.3 Å². The Morgan fingerprint density at radius 3 is 2.35 bits per heavy atom. The maximum atomic E-state index is 9.83. The largest absolute Gasteiger partial charge is 0.399 e. The van der Waals surface area contributed by atoms with E-state index in [1.807, 2.05) is 0 Å². The first-order chi connectivity index (χ1) is 7.97. The normalized spacial score (nSPS) is 13.9. The zero-order valence-electron chi connectivity index (χ0n) is 8.59. The van der Waals surface area contributed by atoms with E-state index in [2.05, 4.69) is 10.0 Å². The van der Waals surface area contributed by atoms with Crippen LogP contribution in [0.25, 0.3) is 10.4 Å². The highest BCUT2D eigenvalue weighted by Gasteiger charge is 2.23. The lowest BCUT2D eigenvalue weighted by Gasteiger charge is -2.19. The van der Waals surface area contributed by atoms with Crippen LogP contribution >= 0.6 is 23.2 Å². The van der Waals surface area contributed by atoms with Gasteiger partial charge in [-0.1, -0.05) is 28.3 Å². The molecule has 1 rings (SSSR count). The van der Waals surface area contributed by atoms with E-state index < -0.39 is 12.2 Å². The number of aliphatic hydroxyl groups is 2.